The average molecular weight is 202 g/mol. The molecule has 6 nitrogen and oxygen atoms in total. The van der Waals surface area contributed by atoms with Crippen LogP contribution < -0.4 is 5.73 Å². The maximum Gasteiger partial charge on any atom is 0.420 e. The van der Waals surface area contributed by atoms with Crippen molar-refractivity contribution in [1.82, 2.24) is 4.98 Å². The first-order valence-electron chi connectivity index (χ1n) is 3.17. The zero-order valence-electron chi connectivity index (χ0n) is 6.38. The van der Waals surface area contributed by atoms with Crippen LogP contribution in [0.4, 0.5) is 4.79 Å². The lowest BCUT2D eigenvalue weighted by atomic mass is 10.5. The molecule has 2 N–H and O–H groups in total. The van der Waals surface area contributed by atoms with Crippen molar-refractivity contribution in [3.63, 3.8) is 0 Å². The fraction of sp³-hybridized carbons (Fsp3) is 0. The minimum Gasteiger partial charge on any atom is -0.334 e. The normalized spacial score (nSPS) is 10.8. The van der Waals surface area contributed by atoms with Gasteiger partial charge in [0.05, 0.1) is 0 Å². The van der Waals surface area contributed by atoms with Crippen LogP contribution in [0.25, 0.3) is 0 Å². The summed E-state index contributed by atoms with van der Waals surface area (Å²) in [6, 6.07) is 4.17. The van der Waals surface area contributed by atoms with Crippen LogP contribution in [0, 0.1) is 0 Å². The van der Waals surface area contributed by atoms with Gasteiger partial charge in [-0.05, 0) is 12.1 Å². The molecular weight excluding hydrogens is 196 g/mol. The molecular formula is C6H6N2O4S. The number of pyridine rings is 1. The average Bonchev–Trinajstić information content (AvgIpc) is 2.04. The largest absolute Gasteiger partial charge is 0.420 e. The van der Waals surface area contributed by atoms with E-state index in [-0.39, 0.29) is 5.03 Å². The zero-order chi connectivity index (χ0) is 9.90. The molecule has 0 saturated heterocycles. The van der Waals surface area contributed by atoms with Crippen molar-refractivity contribution in [2.24, 2.45) is 5.73 Å². The lowest BCUT2D eigenvalue weighted by Gasteiger charge is -2.00. The van der Waals surface area contributed by atoms with Crippen LogP contribution in [0.5, 0.6) is 0 Å². The highest BCUT2D eigenvalue weighted by Crippen LogP contribution is 2.06. The molecule has 0 radical (unpaired) electrons. The predicted molar refractivity (Wildman–Crippen MR) is 42.1 cm³/mol. The number of nitrogens with zero attached hydrogens (tertiary/aromatic N) is 1. The van der Waals surface area contributed by atoms with Crippen LogP contribution >= 0.6 is 0 Å². The number of nitrogens with two attached hydrogens (primary N) is 1. The fourth-order valence-electron chi connectivity index (χ4n) is 0.646. The van der Waals surface area contributed by atoms with Crippen LogP contribution in [0.1, 0.15) is 0 Å². The third-order valence-electron chi connectivity index (χ3n) is 1.09. The second-order valence-corrected chi connectivity index (χ2v) is 3.52. The van der Waals surface area contributed by atoms with Crippen molar-refractivity contribution in [3.05, 3.63) is 24.4 Å². The van der Waals surface area contributed by atoms with Crippen molar-refractivity contribution < 1.29 is 17.4 Å². The Balaban J connectivity index is 3.02. The van der Waals surface area contributed by atoms with Gasteiger partial charge in [0.2, 0.25) is 0 Å². The van der Waals surface area contributed by atoms with Gasteiger partial charge in [-0.3, -0.25) is 0 Å². The highest BCUT2D eigenvalue weighted by molar-refractivity contribution is 7.87. The van der Waals surface area contributed by atoms with E-state index in [2.05, 4.69) is 14.9 Å². The Labute approximate surface area is 74.5 Å². The van der Waals surface area contributed by atoms with E-state index in [1.165, 1.54) is 24.4 Å². The number of hydrogen-bond donors (Lipinski definition) is 1. The van der Waals surface area contributed by atoms with Crippen molar-refractivity contribution in [1.29, 1.82) is 0 Å². The molecule has 1 amide bonds. The van der Waals surface area contributed by atoms with Crippen molar-refractivity contribution in [3.8, 4) is 0 Å². The van der Waals surface area contributed by atoms with E-state index in [4.69, 9.17) is 0 Å². The molecule has 7 heteroatoms. The zero-order valence-corrected chi connectivity index (χ0v) is 7.19. The topological polar surface area (TPSA) is 99.4 Å². The summed E-state index contributed by atoms with van der Waals surface area (Å²) in [5, 5.41) is -0.353. The van der Waals surface area contributed by atoms with E-state index >= 15 is 0 Å². The lowest BCUT2D eigenvalue weighted by molar-refractivity contribution is 0.212. The maximum atomic E-state index is 11.1. The van der Waals surface area contributed by atoms with E-state index < -0.39 is 16.2 Å². The molecule has 0 bridgehead atoms. The summed E-state index contributed by atoms with van der Waals surface area (Å²) in [5.74, 6) is 0. The number of carbonyl (C=O) groups is 1. The number of amides is 1. The fourth-order valence-corrected chi connectivity index (χ4v) is 1.38. The number of hydrogen-bond acceptors (Lipinski definition) is 5. The van der Waals surface area contributed by atoms with Gasteiger partial charge in [0.1, 0.15) is 0 Å². The molecule has 1 aromatic rings. The summed E-state index contributed by atoms with van der Waals surface area (Å²) >= 11 is 0. The summed E-state index contributed by atoms with van der Waals surface area (Å²) in [4.78, 5) is 13.7. The number of carbonyl (C=O) groups excluding carboxylic acids is 1. The SMILES string of the molecule is NC(=O)OS(=O)(=O)c1ccccn1. The van der Waals surface area contributed by atoms with Gasteiger partial charge in [-0.15, -0.1) is 0 Å². The van der Waals surface area contributed by atoms with Crippen LogP contribution in [0.3, 0.4) is 0 Å². The van der Waals surface area contributed by atoms with Gasteiger partial charge < -0.3 is 9.92 Å². The number of primary amides is 1. The lowest BCUT2D eigenvalue weighted by Crippen LogP contribution is -2.19. The van der Waals surface area contributed by atoms with Gasteiger partial charge >= 0.3 is 16.2 Å². The molecule has 0 fully saturated rings. The molecule has 1 heterocycles. The Kier molecular flexibility index (Phi) is 2.47. The first-order chi connectivity index (χ1) is 6.02. The van der Waals surface area contributed by atoms with Gasteiger partial charge in [0.15, 0.2) is 5.03 Å². The molecule has 0 unspecified atom stereocenters. The Bertz CT molecular complexity index is 400. The quantitative estimate of drug-likeness (QED) is 0.673. The minimum absolute atomic E-state index is 0.353. The van der Waals surface area contributed by atoms with E-state index in [9.17, 15) is 13.2 Å². The molecule has 0 spiro atoms. The minimum atomic E-state index is -4.15. The summed E-state index contributed by atoms with van der Waals surface area (Å²) in [5.41, 5.74) is 4.55. The van der Waals surface area contributed by atoms with E-state index in [0.717, 1.165) is 0 Å². The van der Waals surface area contributed by atoms with E-state index in [1.807, 2.05) is 0 Å². The third-order valence-corrected chi connectivity index (χ3v) is 2.22. The van der Waals surface area contributed by atoms with Gasteiger partial charge in [-0.25, -0.2) is 9.78 Å². The van der Waals surface area contributed by atoms with Crippen molar-refractivity contribution in [2.45, 2.75) is 5.03 Å². The molecule has 0 atom stereocenters. The molecule has 0 aliphatic carbocycles. The van der Waals surface area contributed by atoms with Gasteiger partial charge in [0, 0.05) is 6.20 Å². The first kappa shape index (κ1) is 9.46. The van der Waals surface area contributed by atoms with Crippen molar-refractivity contribution in [2.75, 3.05) is 0 Å². The second kappa shape index (κ2) is 3.40. The smallest absolute Gasteiger partial charge is 0.334 e. The Morgan fingerprint density at radius 2 is 2.15 bits per heavy atom. The summed E-state index contributed by atoms with van der Waals surface area (Å²) < 4.78 is 26.0. The molecule has 1 rings (SSSR count). The molecule has 0 aliphatic heterocycles. The van der Waals surface area contributed by atoms with E-state index in [0.29, 0.717) is 0 Å². The predicted octanol–water partition coefficient (Wildman–Crippen LogP) is -0.134. The second-order valence-electron chi connectivity index (χ2n) is 2.02. The number of rotatable bonds is 2. The molecule has 1 aromatic heterocycles. The standard InChI is InChI=1S/C6H6N2O4S/c7-6(9)12-13(10,11)5-3-1-2-4-8-5/h1-4H,(H2,7,9). The van der Waals surface area contributed by atoms with Gasteiger partial charge in [0.25, 0.3) is 0 Å². The first-order valence-corrected chi connectivity index (χ1v) is 4.58. The molecule has 13 heavy (non-hydrogen) atoms. The highest BCUT2D eigenvalue weighted by atomic mass is 32.2. The summed E-state index contributed by atoms with van der Waals surface area (Å²) in [6.07, 6.45) is -0.123. The van der Waals surface area contributed by atoms with Gasteiger partial charge in [-0.2, -0.15) is 8.42 Å². The molecule has 0 aromatic carbocycles. The number of aromatic nitrogens is 1. The highest BCUT2D eigenvalue weighted by Gasteiger charge is 2.18. The van der Waals surface area contributed by atoms with Crippen LogP contribution in [-0.2, 0) is 14.3 Å². The third kappa shape index (κ3) is 2.41. The monoisotopic (exact) mass is 202 g/mol. The van der Waals surface area contributed by atoms with Crippen LogP contribution in [-0.4, -0.2) is 19.5 Å². The Morgan fingerprint density at radius 1 is 1.46 bits per heavy atom. The van der Waals surface area contributed by atoms with Crippen LogP contribution in [0.15, 0.2) is 29.4 Å². The van der Waals surface area contributed by atoms with Crippen LogP contribution in [0.2, 0.25) is 0 Å². The Hall–Kier alpha value is -1.63. The maximum absolute atomic E-state index is 11.1. The molecule has 0 aliphatic rings. The molecule has 70 valence electrons. The van der Waals surface area contributed by atoms with Crippen molar-refractivity contribution >= 4 is 16.2 Å². The van der Waals surface area contributed by atoms with Gasteiger partial charge in [-0.1, -0.05) is 6.07 Å². The summed E-state index contributed by atoms with van der Waals surface area (Å²) in [7, 11) is -4.15. The Morgan fingerprint density at radius 3 is 2.62 bits per heavy atom. The molecule has 0 saturated carbocycles. The summed E-state index contributed by atoms with van der Waals surface area (Å²) in [6.45, 7) is 0. The van der Waals surface area contributed by atoms with E-state index in [1.54, 1.807) is 0 Å².